The van der Waals surface area contributed by atoms with Crippen LogP contribution in [0.5, 0.6) is 0 Å². The molecule has 6 rings (SSSR count). The summed E-state index contributed by atoms with van der Waals surface area (Å²) in [6.45, 7) is 15.6. The van der Waals surface area contributed by atoms with Gasteiger partial charge in [-0.1, -0.05) is 36.4 Å². The van der Waals surface area contributed by atoms with E-state index in [1.165, 1.54) is 22.0 Å². The van der Waals surface area contributed by atoms with Gasteiger partial charge in [-0.05, 0) is 112 Å². The third-order valence-electron chi connectivity index (χ3n) is 9.98. The van der Waals surface area contributed by atoms with Gasteiger partial charge in [0.2, 0.25) is 12.5 Å². The van der Waals surface area contributed by atoms with Gasteiger partial charge < -0.3 is 19.3 Å². The molecule has 0 N–H and O–H groups in total. The minimum Gasteiger partial charge on any atom is -0.434 e. The number of benzene rings is 4. The van der Waals surface area contributed by atoms with Crippen LogP contribution in [0.3, 0.4) is 0 Å². The number of cyclic esters (lactones) is 2. The van der Waals surface area contributed by atoms with Crippen molar-refractivity contribution in [2.24, 2.45) is 0 Å². The van der Waals surface area contributed by atoms with Crippen LogP contribution in [0.2, 0.25) is 0 Å². The molecule has 0 saturated carbocycles. The summed E-state index contributed by atoms with van der Waals surface area (Å²) in [5.74, 6) is -1.94. The van der Waals surface area contributed by atoms with Gasteiger partial charge in [0.25, 0.3) is 11.8 Å². The zero-order valence-corrected chi connectivity index (χ0v) is 31.6. The summed E-state index contributed by atoms with van der Waals surface area (Å²) in [6, 6.07) is 27.0. The number of nitrogens with zero attached hydrogens (tertiary/aromatic N) is 4. The average molecular weight is 727 g/mol. The minimum atomic E-state index is -0.965. The lowest BCUT2D eigenvalue weighted by Gasteiger charge is -2.31. The lowest BCUT2D eigenvalue weighted by molar-refractivity contribution is -0.144. The molecule has 4 aromatic carbocycles. The summed E-state index contributed by atoms with van der Waals surface area (Å²) < 4.78 is 11.7. The third kappa shape index (κ3) is 7.64. The molecule has 2 unspecified atom stereocenters. The first-order valence-corrected chi connectivity index (χ1v) is 18.4. The smallest absolute Gasteiger partial charge is 0.333 e. The Morgan fingerprint density at radius 3 is 1.17 bits per heavy atom. The van der Waals surface area contributed by atoms with E-state index in [4.69, 9.17) is 9.47 Å². The fourth-order valence-corrected chi connectivity index (χ4v) is 7.09. The van der Waals surface area contributed by atoms with E-state index in [0.717, 1.165) is 72.0 Å². The molecule has 0 radical (unpaired) electrons. The Bertz CT molecular complexity index is 1950. The molecule has 10 heteroatoms. The van der Waals surface area contributed by atoms with Crippen molar-refractivity contribution in [1.82, 2.24) is 0 Å². The summed E-state index contributed by atoms with van der Waals surface area (Å²) in [5, 5.41) is 0. The number of carbonyl (C=O) groups excluding carboxylic acids is 4. The molecular formula is C44H46N4O6. The highest BCUT2D eigenvalue weighted by molar-refractivity contribution is 6.07. The van der Waals surface area contributed by atoms with E-state index in [0.29, 0.717) is 22.5 Å². The standard InChI is InChI=1S/C44H46N4O6/c1-7-45(8-2)35-17-11-31(12-18-35)43-47(39(49)23-25-41(51)53-43)37-21-15-33(27-29(37)5)34-16-22-38(30(6)28-34)48-40(50)24-26-42(52)54-44(48)32-13-19-36(20-14-32)46(9-3)10-4/h11-28,43-44H,7-10H2,1-6H3. The number of rotatable bonds is 11. The lowest BCUT2D eigenvalue weighted by Crippen LogP contribution is -2.35. The summed E-state index contributed by atoms with van der Waals surface area (Å²) in [6.07, 6.45) is 2.87. The van der Waals surface area contributed by atoms with E-state index >= 15 is 0 Å². The summed E-state index contributed by atoms with van der Waals surface area (Å²) >= 11 is 0. The Morgan fingerprint density at radius 1 is 0.500 bits per heavy atom. The summed E-state index contributed by atoms with van der Waals surface area (Å²) in [4.78, 5) is 59.8. The second kappa shape index (κ2) is 16.2. The van der Waals surface area contributed by atoms with Crippen molar-refractivity contribution in [3.63, 3.8) is 0 Å². The Kier molecular flexibility index (Phi) is 11.3. The van der Waals surface area contributed by atoms with Gasteiger partial charge in [-0.25, -0.2) is 9.59 Å². The van der Waals surface area contributed by atoms with Crippen molar-refractivity contribution in [2.75, 3.05) is 45.8 Å². The molecule has 2 atom stereocenters. The molecule has 0 bridgehead atoms. The molecule has 2 aliphatic heterocycles. The van der Waals surface area contributed by atoms with Crippen LogP contribution >= 0.6 is 0 Å². The molecule has 2 heterocycles. The van der Waals surface area contributed by atoms with Crippen LogP contribution in [-0.4, -0.2) is 49.9 Å². The van der Waals surface area contributed by atoms with Gasteiger partial charge in [-0.2, -0.15) is 0 Å². The average Bonchev–Trinajstić information content (AvgIpc) is 3.42. The maximum atomic E-state index is 13.6. The molecule has 2 aliphatic rings. The maximum Gasteiger partial charge on any atom is 0.333 e. The Hall–Kier alpha value is -6.16. The predicted octanol–water partition coefficient (Wildman–Crippen LogP) is 7.95. The van der Waals surface area contributed by atoms with Gasteiger partial charge in [-0.3, -0.25) is 19.4 Å². The maximum absolute atomic E-state index is 13.6. The Morgan fingerprint density at radius 2 is 0.852 bits per heavy atom. The van der Waals surface area contributed by atoms with Gasteiger partial charge in [0.15, 0.2) is 0 Å². The summed E-state index contributed by atoms with van der Waals surface area (Å²) in [7, 11) is 0. The number of aryl methyl sites for hydroxylation is 2. The van der Waals surface area contributed by atoms with Gasteiger partial charge in [-0.15, -0.1) is 0 Å². The first-order valence-electron chi connectivity index (χ1n) is 18.4. The minimum absolute atomic E-state index is 0.371. The SMILES string of the molecule is CCN(CC)c1ccc(C2OC(=O)C=CC(=O)N2c2ccc(-c3ccc(N4C(=O)C=CC(=O)OC4c4ccc(N(CC)CC)cc4)c(C)c3)cc2C)cc1. The van der Waals surface area contributed by atoms with E-state index in [1.54, 1.807) is 0 Å². The van der Waals surface area contributed by atoms with Crippen LogP contribution < -0.4 is 19.6 Å². The lowest BCUT2D eigenvalue weighted by atomic mass is 9.98. The van der Waals surface area contributed by atoms with E-state index in [2.05, 4.69) is 37.5 Å². The van der Waals surface area contributed by atoms with Gasteiger partial charge in [0, 0.05) is 73.0 Å². The molecule has 0 spiro atoms. The number of hydrogen-bond acceptors (Lipinski definition) is 8. The molecule has 0 saturated heterocycles. The highest BCUT2D eigenvalue weighted by atomic mass is 16.6. The monoisotopic (exact) mass is 726 g/mol. The van der Waals surface area contributed by atoms with Crippen LogP contribution in [0, 0.1) is 13.8 Å². The highest BCUT2D eigenvalue weighted by Crippen LogP contribution is 2.38. The number of carbonyl (C=O) groups is 4. The molecule has 54 heavy (non-hydrogen) atoms. The Balaban J connectivity index is 1.31. The van der Waals surface area contributed by atoms with Crippen molar-refractivity contribution in [1.29, 1.82) is 0 Å². The van der Waals surface area contributed by atoms with Crippen LogP contribution in [0.25, 0.3) is 11.1 Å². The largest absolute Gasteiger partial charge is 0.434 e. The van der Waals surface area contributed by atoms with Crippen LogP contribution in [0.4, 0.5) is 22.7 Å². The zero-order chi connectivity index (χ0) is 38.5. The number of ether oxygens (including phenoxy) is 2. The zero-order valence-electron chi connectivity index (χ0n) is 31.6. The van der Waals surface area contributed by atoms with E-state index in [1.807, 2.05) is 98.8 Å². The third-order valence-corrected chi connectivity index (χ3v) is 9.98. The van der Waals surface area contributed by atoms with Crippen molar-refractivity contribution in [3.05, 3.63) is 131 Å². The normalized spacial score (nSPS) is 17.2. The van der Waals surface area contributed by atoms with Gasteiger partial charge in [0.05, 0.1) is 11.4 Å². The molecule has 4 aromatic rings. The molecule has 0 aromatic heterocycles. The molecule has 10 nitrogen and oxygen atoms in total. The molecule has 278 valence electrons. The van der Waals surface area contributed by atoms with E-state index in [-0.39, 0.29) is 11.8 Å². The summed E-state index contributed by atoms with van der Waals surface area (Å²) in [5.41, 5.74) is 8.01. The van der Waals surface area contributed by atoms with Crippen molar-refractivity contribution in [3.8, 4) is 11.1 Å². The predicted molar refractivity (Wildman–Crippen MR) is 212 cm³/mol. The van der Waals surface area contributed by atoms with E-state index in [9.17, 15) is 19.2 Å². The topological polar surface area (TPSA) is 99.7 Å². The van der Waals surface area contributed by atoms with Crippen LogP contribution in [-0.2, 0) is 28.7 Å². The van der Waals surface area contributed by atoms with Crippen molar-refractivity contribution >= 4 is 46.5 Å². The first-order chi connectivity index (χ1) is 26.1. The molecular weight excluding hydrogens is 681 g/mol. The number of esters is 2. The van der Waals surface area contributed by atoms with E-state index < -0.39 is 24.4 Å². The fraction of sp³-hybridized carbons (Fsp3) is 0.273. The first kappa shape index (κ1) is 37.6. The molecule has 2 amide bonds. The quantitative estimate of drug-likeness (QED) is 0.144. The molecule has 0 aliphatic carbocycles. The Labute approximate surface area is 316 Å². The second-order valence-electron chi connectivity index (χ2n) is 13.2. The second-order valence-corrected chi connectivity index (χ2v) is 13.2. The van der Waals surface area contributed by atoms with Gasteiger partial charge >= 0.3 is 11.9 Å². The highest BCUT2D eigenvalue weighted by Gasteiger charge is 2.34. The number of anilines is 4. The van der Waals surface area contributed by atoms with Gasteiger partial charge in [0.1, 0.15) is 0 Å². The van der Waals surface area contributed by atoms with Crippen molar-refractivity contribution < 1.29 is 28.7 Å². The molecule has 0 fully saturated rings. The fourth-order valence-electron chi connectivity index (χ4n) is 7.09. The van der Waals surface area contributed by atoms with Crippen molar-refractivity contribution in [2.45, 2.75) is 54.0 Å². The van der Waals surface area contributed by atoms with Crippen LogP contribution in [0.1, 0.15) is 62.4 Å². The number of hydrogen-bond donors (Lipinski definition) is 0. The van der Waals surface area contributed by atoms with Crippen LogP contribution in [0.15, 0.2) is 109 Å². The number of amides is 2.